The van der Waals surface area contributed by atoms with E-state index in [2.05, 4.69) is 26.0 Å². The van der Waals surface area contributed by atoms with Crippen molar-refractivity contribution < 1.29 is 6.16 Å². The van der Waals surface area contributed by atoms with Gasteiger partial charge in [0.1, 0.15) is 0 Å². The van der Waals surface area contributed by atoms with E-state index in [0.29, 0.717) is 0 Å². The Morgan fingerprint density at radius 2 is 1.92 bits per heavy atom. The molecule has 0 saturated carbocycles. The molecule has 0 unspecified atom stereocenters. The molecule has 0 radical (unpaired) electrons. The van der Waals surface area contributed by atoms with Crippen LogP contribution < -0.4 is 0 Å². The van der Waals surface area contributed by atoms with Crippen LogP contribution in [-0.2, 0) is 11.3 Å². The van der Waals surface area contributed by atoms with Crippen molar-refractivity contribution >= 4 is 0 Å². The van der Waals surface area contributed by atoms with Gasteiger partial charge in [0, 0.05) is 6.61 Å². The Kier molecular flexibility index (Phi) is 4.55. The lowest BCUT2D eigenvalue weighted by Gasteiger charge is -2.05. The van der Waals surface area contributed by atoms with Gasteiger partial charge in [0.2, 0.25) is 0 Å². The summed E-state index contributed by atoms with van der Waals surface area (Å²) in [4.78, 5) is 0. The summed E-state index contributed by atoms with van der Waals surface area (Å²) in [5.41, 5.74) is 1.26. The first kappa shape index (κ1) is 10.3. The van der Waals surface area contributed by atoms with Gasteiger partial charge in [-0.3, -0.25) is 0 Å². The molecule has 1 rings (SSSR count). The van der Waals surface area contributed by atoms with E-state index in [4.69, 9.17) is 4.74 Å². The molecule has 1 aromatic rings. The van der Waals surface area contributed by atoms with Gasteiger partial charge in [-0.1, -0.05) is 44.2 Å². The van der Waals surface area contributed by atoms with Crippen molar-refractivity contribution in [3.05, 3.63) is 35.9 Å². The van der Waals surface area contributed by atoms with Gasteiger partial charge in [0.25, 0.3) is 0 Å². The zero-order chi connectivity index (χ0) is 9.52. The van der Waals surface area contributed by atoms with Gasteiger partial charge in [-0.15, -0.1) is 0 Å². The van der Waals surface area contributed by atoms with E-state index >= 15 is 0 Å². The largest absolute Gasteiger partial charge is 1.00 e. The van der Waals surface area contributed by atoms with Gasteiger partial charge in [0.05, 0.1) is 6.61 Å². The Balaban J connectivity index is 0.00000169. The van der Waals surface area contributed by atoms with Crippen molar-refractivity contribution in [2.75, 3.05) is 6.61 Å². The summed E-state index contributed by atoms with van der Waals surface area (Å²) in [6.45, 7) is 6.04. The average Bonchev–Trinajstić information content (AvgIpc) is 2.14. The Labute approximate surface area is 82.2 Å². The standard InChI is InChI=1S/C12H18O/c1-11(2)8-9-13-10-12-6-4-3-5-7-12/h3-7,11H,8-10H2,1-2H3/p+1. The number of ether oxygens (including phenoxy) is 1. The smallest absolute Gasteiger partial charge is 0.377 e. The summed E-state index contributed by atoms with van der Waals surface area (Å²) in [5, 5.41) is 0. The molecule has 0 atom stereocenters. The first-order valence-electron chi connectivity index (χ1n) is 4.90. The molecule has 0 aliphatic rings. The lowest BCUT2D eigenvalue weighted by Crippen LogP contribution is -1.98. The molecule has 1 nitrogen and oxygen atoms in total. The fraction of sp³-hybridized carbons (Fsp3) is 0.500. The molecule has 0 aromatic heterocycles. The molecule has 0 spiro atoms. The number of hydrogen-bond acceptors (Lipinski definition) is 1. The fourth-order valence-corrected chi connectivity index (χ4v) is 1.08. The van der Waals surface area contributed by atoms with E-state index in [1.807, 2.05) is 18.2 Å². The predicted molar refractivity (Wildman–Crippen MR) is 56.7 cm³/mol. The minimum atomic E-state index is 0. The van der Waals surface area contributed by atoms with E-state index in [1.54, 1.807) is 0 Å². The van der Waals surface area contributed by atoms with Gasteiger partial charge in [-0.25, -0.2) is 0 Å². The third-order valence-corrected chi connectivity index (χ3v) is 1.95. The van der Waals surface area contributed by atoms with Crippen molar-refractivity contribution in [3.8, 4) is 0 Å². The number of benzene rings is 1. The third-order valence-electron chi connectivity index (χ3n) is 1.95. The maximum Gasteiger partial charge on any atom is 1.00 e. The molecule has 0 aliphatic carbocycles. The first-order chi connectivity index (χ1) is 6.29. The number of hydrogen-bond donors (Lipinski definition) is 0. The van der Waals surface area contributed by atoms with Crippen molar-refractivity contribution in [1.82, 2.24) is 0 Å². The molecule has 13 heavy (non-hydrogen) atoms. The van der Waals surface area contributed by atoms with Crippen LogP contribution in [0.5, 0.6) is 0 Å². The summed E-state index contributed by atoms with van der Waals surface area (Å²) in [6.07, 6.45) is 1.15. The van der Waals surface area contributed by atoms with Gasteiger partial charge < -0.3 is 4.74 Å². The second kappa shape index (κ2) is 5.76. The van der Waals surface area contributed by atoms with Crippen molar-refractivity contribution in [1.29, 1.82) is 0 Å². The molecular weight excluding hydrogens is 160 g/mol. The van der Waals surface area contributed by atoms with Crippen molar-refractivity contribution in [2.24, 2.45) is 5.92 Å². The molecule has 0 heterocycles. The maximum absolute atomic E-state index is 5.53. The third kappa shape index (κ3) is 4.69. The lowest BCUT2D eigenvalue weighted by molar-refractivity contribution is 0.110. The maximum atomic E-state index is 5.53. The minimum Gasteiger partial charge on any atom is -0.377 e. The van der Waals surface area contributed by atoms with Crippen LogP contribution in [-0.4, -0.2) is 6.61 Å². The highest BCUT2D eigenvalue weighted by molar-refractivity contribution is 5.13. The minimum absolute atomic E-state index is 0. The second-order valence-corrected chi connectivity index (χ2v) is 3.72. The molecule has 72 valence electrons. The van der Waals surface area contributed by atoms with Gasteiger partial charge in [0.15, 0.2) is 0 Å². The average molecular weight is 179 g/mol. The highest BCUT2D eigenvalue weighted by atomic mass is 16.5. The Morgan fingerprint density at radius 3 is 2.54 bits per heavy atom. The molecule has 0 fully saturated rings. The summed E-state index contributed by atoms with van der Waals surface area (Å²) >= 11 is 0. The van der Waals surface area contributed by atoms with Crippen LogP contribution >= 0.6 is 0 Å². The topological polar surface area (TPSA) is 9.23 Å². The van der Waals surface area contributed by atoms with Crippen LogP contribution in [0.3, 0.4) is 0 Å². The molecule has 1 aromatic carbocycles. The van der Waals surface area contributed by atoms with Crippen LogP contribution in [0.2, 0.25) is 0 Å². The van der Waals surface area contributed by atoms with Gasteiger partial charge in [-0.05, 0) is 17.9 Å². The van der Waals surface area contributed by atoms with E-state index in [9.17, 15) is 0 Å². The lowest BCUT2D eigenvalue weighted by atomic mass is 10.1. The highest BCUT2D eigenvalue weighted by Gasteiger charge is 1.94. The molecule has 0 saturated heterocycles. The van der Waals surface area contributed by atoms with Crippen LogP contribution in [0.15, 0.2) is 30.3 Å². The van der Waals surface area contributed by atoms with Crippen LogP contribution in [0.4, 0.5) is 0 Å². The summed E-state index contributed by atoms with van der Waals surface area (Å²) in [5.74, 6) is 0.732. The molecular formula is C12H19O+. The second-order valence-electron chi connectivity index (χ2n) is 3.72. The SMILES string of the molecule is CC(C)CCOCc1ccccc1.[H+]. The van der Waals surface area contributed by atoms with Crippen molar-refractivity contribution in [3.63, 3.8) is 0 Å². The monoisotopic (exact) mass is 179 g/mol. The van der Waals surface area contributed by atoms with Crippen LogP contribution in [0, 0.1) is 5.92 Å². The first-order valence-corrected chi connectivity index (χ1v) is 4.90. The van der Waals surface area contributed by atoms with E-state index in [0.717, 1.165) is 25.6 Å². The molecule has 0 aliphatic heterocycles. The quantitative estimate of drug-likeness (QED) is 0.630. The van der Waals surface area contributed by atoms with Crippen molar-refractivity contribution in [2.45, 2.75) is 26.9 Å². The fourth-order valence-electron chi connectivity index (χ4n) is 1.08. The summed E-state index contributed by atoms with van der Waals surface area (Å²) in [7, 11) is 0. The molecule has 0 N–H and O–H groups in total. The highest BCUT2D eigenvalue weighted by Crippen LogP contribution is 2.03. The molecule has 1 heteroatoms. The normalized spacial score (nSPS) is 10.7. The zero-order valence-electron chi connectivity index (χ0n) is 9.49. The Bertz CT molecular complexity index is 221. The summed E-state index contributed by atoms with van der Waals surface area (Å²) in [6, 6.07) is 10.3. The Hall–Kier alpha value is -0.820. The summed E-state index contributed by atoms with van der Waals surface area (Å²) < 4.78 is 5.53. The molecule has 0 bridgehead atoms. The van der Waals surface area contributed by atoms with E-state index in [1.165, 1.54) is 5.56 Å². The van der Waals surface area contributed by atoms with Gasteiger partial charge >= 0.3 is 1.43 Å². The molecule has 0 amide bonds. The van der Waals surface area contributed by atoms with Crippen LogP contribution in [0.1, 0.15) is 27.3 Å². The Morgan fingerprint density at radius 1 is 1.23 bits per heavy atom. The van der Waals surface area contributed by atoms with E-state index < -0.39 is 0 Å². The van der Waals surface area contributed by atoms with Gasteiger partial charge in [-0.2, -0.15) is 0 Å². The zero-order valence-corrected chi connectivity index (χ0v) is 8.49. The van der Waals surface area contributed by atoms with Crippen LogP contribution in [0.25, 0.3) is 0 Å². The number of rotatable bonds is 5. The predicted octanol–water partition coefficient (Wildman–Crippen LogP) is 3.36. The van der Waals surface area contributed by atoms with E-state index in [-0.39, 0.29) is 1.43 Å².